The van der Waals surface area contributed by atoms with Crippen LogP contribution in [-0.2, 0) is 6.54 Å². The average Bonchev–Trinajstić information content (AvgIpc) is 2.97. The summed E-state index contributed by atoms with van der Waals surface area (Å²) in [6, 6.07) is 7.29. The summed E-state index contributed by atoms with van der Waals surface area (Å²) in [6.45, 7) is 8.23. The van der Waals surface area contributed by atoms with Crippen LogP contribution in [0.1, 0.15) is 41.0 Å². The van der Waals surface area contributed by atoms with Gasteiger partial charge in [-0.25, -0.2) is 9.98 Å². The monoisotopic (exact) mass is 563 g/mol. The van der Waals surface area contributed by atoms with Crippen LogP contribution in [0.5, 0.6) is 0 Å². The second kappa shape index (κ2) is 12.8. The van der Waals surface area contributed by atoms with E-state index in [0.717, 1.165) is 28.9 Å². The van der Waals surface area contributed by atoms with E-state index in [1.165, 1.54) is 0 Å². The van der Waals surface area contributed by atoms with Crippen molar-refractivity contribution in [2.75, 3.05) is 19.6 Å². The van der Waals surface area contributed by atoms with Gasteiger partial charge in [-0.15, -0.1) is 24.0 Å². The number of nitrogens with one attached hydrogen (secondary N) is 3. The van der Waals surface area contributed by atoms with Gasteiger partial charge in [0.25, 0.3) is 5.91 Å². The smallest absolute Gasteiger partial charge is 0.251 e. The molecule has 0 saturated heterocycles. The van der Waals surface area contributed by atoms with Gasteiger partial charge < -0.3 is 20.4 Å². The van der Waals surface area contributed by atoms with Gasteiger partial charge in [-0.2, -0.15) is 0 Å². The van der Waals surface area contributed by atoms with Gasteiger partial charge in [0, 0.05) is 29.7 Å². The molecule has 154 valence electrons. The van der Waals surface area contributed by atoms with Crippen LogP contribution in [0.3, 0.4) is 0 Å². The highest BCUT2D eigenvalue weighted by Crippen LogP contribution is 2.10. The number of carbonyl (C=O) groups excluding carboxylic acids is 1. The quantitative estimate of drug-likeness (QED) is 0.198. The average molecular weight is 564 g/mol. The Morgan fingerprint density at radius 3 is 2.43 bits per heavy atom. The van der Waals surface area contributed by atoms with Gasteiger partial charge in [0.1, 0.15) is 12.3 Å². The summed E-state index contributed by atoms with van der Waals surface area (Å²) in [5.41, 5.74) is 1.54. The molecule has 1 aromatic carbocycles. The number of hydrogen-bond acceptors (Lipinski definition) is 4. The van der Waals surface area contributed by atoms with Crippen LogP contribution in [0.2, 0.25) is 0 Å². The van der Waals surface area contributed by atoms with E-state index in [1.54, 1.807) is 12.1 Å². The third-order valence-electron chi connectivity index (χ3n) is 3.83. The first-order chi connectivity index (χ1) is 13.0. The molecule has 2 aromatic rings. The van der Waals surface area contributed by atoms with E-state index in [2.05, 4.69) is 41.9 Å². The van der Waals surface area contributed by atoms with Crippen molar-refractivity contribution in [1.29, 1.82) is 0 Å². The lowest BCUT2D eigenvalue weighted by atomic mass is 10.2. The number of aliphatic imine (C=N–C) groups is 1. The Morgan fingerprint density at radius 1 is 1.14 bits per heavy atom. The molecule has 2 rings (SSSR count). The van der Waals surface area contributed by atoms with E-state index in [4.69, 9.17) is 4.42 Å². The van der Waals surface area contributed by atoms with E-state index in [1.807, 2.05) is 32.9 Å². The first-order valence-corrected chi connectivity index (χ1v) is 9.77. The fourth-order valence-corrected chi connectivity index (χ4v) is 2.56. The van der Waals surface area contributed by atoms with Crippen LogP contribution < -0.4 is 16.0 Å². The van der Waals surface area contributed by atoms with Crippen LogP contribution in [0.4, 0.5) is 0 Å². The lowest BCUT2D eigenvalue weighted by molar-refractivity contribution is 0.0953. The Morgan fingerprint density at radius 2 is 1.82 bits per heavy atom. The van der Waals surface area contributed by atoms with Crippen LogP contribution in [-0.4, -0.2) is 36.5 Å². The number of aryl methyl sites for hydroxylation is 2. The van der Waals surface area contributed by atoms with E-state index in [0.29, 0.717) is 37.0 Å². The number of rotatable bonds is 8. The SMILES string of the molecule is CCNC(=NCc1nc(C)c(C)o1)NCCCNC(=O)c1ccc(Br)cc1.I. The second-order valence-corrected chi connectivity index (χ2v) is 6.90. The minimum absolute atomic E-state index is 0. The molecule has 1 aromatic heterocycles. The number of carbonyl (C=O) groups is 1. The molecule has 7 nitrogen and oxygen atoms in total. The molecule has 0 aliphatic rings. The zero-order valence-corrected chi connectivity index (χ0v) is 20.3. The molecule has 0 aliphatic carbocycles. The topological polar surface area (TPSA) is 91.6 Å². The number of halogens is 2. The zero-order chi connectivity index (χ0) is 19.6. The van der Waals surface area contributed by atoms with Crippen molar-refractivity contribution in [3.63, 3.8) is 0 Å². The minimum Gasteiger partial charge on any atom is -0.444 e. The fraction of sp³-hybridized carbons (Fsp3) is 0.421. The molecule has 1 amide bonds. The Labute approximate surface area is 191 Å². The Balaban J connectivity index is 0.00000392. The molecular formula is C19H27BrIN5O2. The lowest BCUT2D eigenvalue weighted by Gasteiger charge is -2.11. The number of oxazole rings is 1. The molecule has 0 bridgehead atoms. The first kappa shape index (κ1) is 24.4. The molecule has 9 heteroatoms. The summed E-state index contributed by atoms with van der Waals surface area (Å²) in [5, 5.41) is 9.34. The number of benzene rings is 1. The summed E-state index contributed by atoms with van der Waals surface area (Å²) in [7, 11) is 0. The summed E-state index contributed by atoms with van der Waals surface area (Å²) >= 11 is 3.36. The number of hydrogen-bond donors (Lipinski definition) is 3. The number of guanidine groups is 1. The molecule has 0 aliphatic heterocycles. The van der Waals surface area contributed by atoms with Crippen molar-refractivity contribution in [1.82, 2.24) is 20.9 Å². The molecule has 0 unspecified atom stereocenters. The van der Waals surface area contributed by atoms with E-state index >= 15 is 0 Å². The number of nitrogens with zero attached hydrogens (tertiary/aromatic N) is 2. The van der Waals surface area contributed by atoms with Crippen LogP contribution in [0.15, 0.2) is 38.1 Å². The predicted octanol–water partition coefficient (Wildman–Crippen LogP) is 3.55. The molecule has 3 N–H and O–H groups in total. The van der Waals surface area contributed by atoms with E-state index < -0.39 is 0 Å². The number of amides is 1. The summed E-state index contributed by atoms with van der Waals surface area (Å²) in [6.07, 6.45) is 0.782. The number of aromatic nitrogens is 1. The third kappa shape index (κ3) is 8.17. The van der Waals surface area contributed by atoms with Gasteiger partial charge in [0.15, 0.2) is 5.96 Å². The third-order valence-corrected chi connectivity index (χ3v) is 4.36. The normalized spacial score (nSPS) is 10.9. The molecule has 28 heavy (non-hydrogen) atoms. The predicted molar refractivity (Wildman–Crippen MR) is 125 cm³/mol. The van der Waals surface area contributed by atoms with Crippen LogP contribution >= 0.6 is 39.9 Å². The molecular weight excluding hydrogens is 537 g/mol. The Kier molecular flexibility index (Phi) is 11.1. The van der Waals surface area contributed by atoms with Gasteiger partial charge in [-0.05, 0) is 51.5 Å². The maximum absolute atomic E-state index is 12.0. The van der Waals surface area contributed by atoms with Crippen molar-refractivity contribution in [2.24, 2.45) is 4.99 Å². The lowest BCUT2D eigenvalue weighted by Crippen LogP contribution is -2.38. The standard InChI is InChI=1S/C19H26BrN5O2.HI/c1-4-21-19(24-12-17-25-13(2)14(3)27-17)23-11-5-10-22-18(26)15-6-8-16(20)9-7-15;/h6-9H,4-5,10-12H2,1-3H3,(H,22,26)(H2,21,23,24);1H. The minimum atomic E-state index is -0.0716. The maximum Gasteiger partial charge on any atom is 0.251 e. The first-order valence-electron chi connectivity index (χ1n) is 8.98. The Bertz CT molecular complexity index is 758. The Hall–Kier alpha value is -1.62. The van der Waals surface area contributed by atoms with E-state index in [9.17, 15) is 4.79 Å². The van der Waals surface area contributed by atoms with Crippen molar-refractivity contribution in [2.45, 2.75) is 33.7 Å². The van der Waals surface area contributed by atoms with Gasteiger partial charge in [0.2, 0.25) is 5.89 Å². The van der Waals surface area contributed by atoms with Crippen molar-refractivity contribution in [3.8, 4) is 0 Å². The van der Waals surface area contributed by atoms with Gasteiger partial charge in [-0.1, -0.05) is 15.9 Å². The summed E-state index contributed by atoms with van der Waals surface area (Å²) in [4.78, 5) is 20.8. The summed E-state index contributed by atoms with van der Waals surface area (Å²) < 4.78 is 6.49. The van der Waals surface area contributed by atoms with E-state index in [-0.39, 0.29) is 29.9 Å². The van der Waals surface area contributed by atoms with Gasteiger partial charge >= 0.3 is 0 Å². The molecule has 1 heterocycles. The fourth-order valence-electron chi connectivity index (χ4n) is 2.30. The van der Waals surface area contributed by atoms with Gasteiger partial charge in [0.05, 0.1) is 5.69 Å². The van der Waals surface area contributed by atoms with Crippen molar-refractivity contribution >= 4 is 51.8 Å². The molecule has 0 spiro atoms. The highest BCUT2D eigenvalue weighted by Gasteiger charge is 2.06. The second-order valence-electron chi connectivity index (χ2n) is 5.99. The zero-order valence-electron chi connectivity index (χ0n) is 16.3. The highest BCUT2D eigenvalue weighted by molar-refractivity contribution is 14.0. The summed E-state index contributed by atoms with van der Waals surface area (Å²) in [5.74, 6) is 2.05. The van der Waals surface area contributed by atoms with Crippen molar-refractivity contribution < 1.29 is 9.21 Å². The van der Waals surface area contributed by atoms with Crippen LogP contribution in [0.25, 0.3) is 0 Å². The molecule has 0 fully saturated rings. The molecule has 0 saturated carbocycles. The molecule has 0 atom stereocenters. The maximum atomic E-state index is 12.0. The van der Waals surface area contributed by atoms with Crippen molar-refractivity contribution in [3.05, 3.63) is 51.6 Å². The van der Waals surface area contributed by atoms with Gasteiger partial charge in [-0.3, -0.25) is 4.79 Å². The highest BCUT2D eigenvalue weighted by atomic mass is 127. The largest absolute Gasteiger partial charge is 0.444 e. The van der Waals surface area contributed by atoms with Crippen LogP contribution in [0, 0.1) is 13.8 Å². The molecule has 0 radical (unpaired) electrons.